The van der Waals surface area contributed by atoms with Gasteiger partial charge in [0.05, 0.1) is 15.5 Å². The van der Waals surface area contributed by atoms with E-state index >= 15 is 0 Å². The van der Waals surface area contributed by atoms with E-state index in [0.717, 1.165) is 12.1 Å². The van der Waals surface area contributed by atoms with Crippen molar-refractivity contribution in [2.75, 3.05) is 5.75 Å². The van der Waals surface area contributed by atoms with Gasteiger partial charge in [0, 0.05) is 11.8 Å². The number of oxazole rings is 1. The fourth-order valence-corrected chi connectivity index (χ4v) is 4.06. The molecule has 6 nitrogen and oxygen atoms in total. The van der Waals surface area contributed by atoms with Gasteiger partial charge in [0.15, 0.2) is 26.2 Å². The van der Waals surface area contributed by atoms with Crippen LogP contribution in [0.4, 0.5) is 13.2 Å². The molecule has 2 aromatic heterocycles. The van der Waals surface area contributed by atoms with Gasteiger partial charge in [-0.25, -0.2) is 22.6 Å². The van der Waals surface area contributed by atoms with E-state index in [4.69, 9.17) is 10.8 Å². The van der Waals surface area contributed by atoms with Crippen molar-refractivity contribution in [2.45, 2.75) is 22.2 Å². The monoisotopic (exact) mass is 428 g/mol. The number of terminal acetylenes is 1. The lowest BCUT2D eigenvalue weighted by atomic mass is 10.2. The van der Waals surface area contributed by atoms with Crippen molar-refractivity contribution in [2.24, 2.45) is 0 Å². The third-order valence-electron chi connectivity index (χ3n) is 3.72. The average molecular weight is 428 g/mol. The van der Waals surface area contributed by atoms with Gasteiger partial charge in [0.25, 0.3) is 0 Å². The molecule has 2 heterocycles. The number of pyridine rings is 1. The second kappa shape index (κ2) is 7.03. The summed E-state index contributed by atoms with van der Waals surface area (Å²) >= 11 is 0. The quantitative estimate of drug-likeness (QED) is 0.593. The zero-order valence-electron chi connectivity index (χ0n) is 14.1. The number of hydrogen-bond donors (Lipinski definition) is 0. The lowest BCUT2D eigenvalue weighted by molar-refractivity contribution is -0.0384. The van der Waals surface area contributed by atoms with Gasteiger partial charge in [-0.3, -0.25) is 0 Å². The highest BCUT2D eigenvalue weighted by Gasteiger charge is 2.38. The van der Waals surface area contributed by atoms with Gasteiger partial charge in [-0.1, -0.05) is 12.8 Å². The van der Waals surface area contributed by atoms with E-state index in [2.05, 4.69) is 15.9 Å². The maximum absolute atomic E-state index is 12.7. The van der Waals surface area contributed by atoms with E-state index in [1.54, 1.807) is 0 Å². The number of benzene rings is 1. The summed E-state index contributed by atoms with van der Waals surface area (Å²) in [4.78, 5) is 7.33. The molecule has 11 heteroatoms. The van der Waals surface area contributed by atoms with E-state index in [1.165, 1.54) is 25.3 Å². The molecule has 3 rings (SSSR count). The minimum absolute atomic E-state index is 0.0206. The minimum Gasteiger partial charge on any atom is -0.435 e. The summed E-state index contributed by atoms with van der Waals surface area (Å²) in [7, 11) is -6.97. The highest BCUT2D eigenvalue weighted by atomic mass is 32.2. The molecule has 0 saturated carbocycles. The Bertz CT molecular complexity index is 1240. The molecule has 1 atom stereocenters. The Morgan fingerprint density at radius 1 is 1.29 bits per heavy atom. The number of nitrogens with zero attached hydrogens (tertiary/aromatic N) is 2. The maximum atomic E-state index is 12.7. The molecule has 0 amide bonds. The molecule has 0 aliphatic heterocycles. The van der Waals surface area contributed by atoms with Gasteiger partial charge < -0.3 is 4.42 Å². The van der Waals surface area contributed by atoms with Crippen LogP contribution in [0, 0.1) is 12.3 Å². The first-order valence-electron chi connectivity index (χ1n) is 7.66. The van der Waals surface area contributed by atoms with Crippen molar-refractivity contribution in [3.63, 3.8) is 0 Å². The molecular weight excluding hydrogens is 417 g/mol. The SMILES string of the molecule is C#Cc1cnc(-c2nc3cc(S(=O)C(F)(F)F)ccc3o2)c(S(=O)(=O)CC)c1. The zero-order chi connectivity index (χ0) is 20.7. The standard InChI is InChI=1S/C17H11F3N2O4S2/c1-3-10-7-14(28(24,25)4-2)15(21-9-10)16-22-12-8-11(5-6-13(12)26-16)27(23)17(18,19)20/h1,5-9H,4H2,2H3. The molecular formula is C17H11F3N2O4S2. The highest BCUT2D eigenvalue weighted by Crippen LogP contribution is 2.32. The second-order valence-corrected chi connectivity index (χ2v) is 9.20. The lowest BCUT2D eigenvalue weighted by Gasteiger charge is -2.06. The number of fused-ring (bicyclic) bond motifs is 1. The number of rotatable bonds is 4. The fourth-order valence-electron chi connectivity index (χ4n) is 2.33. The first-order valence-corrected chi connectivity index (χ1v) is 10.5. The second-order valence-electron chi connectivity index (χ2n) is 5.48. The summed E-state index contributed by atoms with van der Waals surface area (Å²) in [5.41, 5.74) is -4.74. The van der Waals surface area contributed by atoms with Crippen molar-refractivity contribution in [3.05, 3.63) is 36.0 Å². The normalized spacial score (nSPS) is 13.4. The number of alkyl halides is 3. The van der Waals surface area contributed by atoms with Crippen LogP contribution in [0.15, 0.2) is 44.7 Å². The summed E-state index contributed by atoms with van der Waals surface area (Å²) in [5.74, 6) is 1.85. The molecule has 3 aromatic rings. The van der Waals surface area contributed by atoms with Crippen LogP contribution in [0.3, 0.4) is 0 Å². The summed E-state index contributed by atoms with van der Waals surface area (Å²) < 4.78 is 79.7. The molecule has 1 unspecified atom stereocenters. The van der Waals surface area contributed by atoms with Crippen LogP contribution in [0.1, 0.15) is 12.5 Å². The third-order valence-corrected chi connectivity index (χ3v) is 6.56. The summed E-state index contributed by atoms with van der Waals surface area (Å²) in [6.45, 7) is 1.44. The van der Waals surface area contributed by atoms with Gasteiger partial charge in [0.1, 0.15) is 11.2 Å². The Balaban J connectivity index is 2.18. The van der Waals surface area contributed by atoms with E-state index < -0.39 is 31.0 Å². The predicted molar refractivity (Wildman–Crippen MR) is 95.4 cm³/mol. The summed E-state index contributed by atoms with van der Waals surface area (Å²) in [6, 6.07) is 4.39. The van der Waals surface area contributed by atoms with Crippen LogP contribution < -0.4 is 0 Å². The van der Waals surface area contributed by atoms with Crippen LogP contribution in [0.25, 0.3) is 22.7 Å². The van der Waals surface area contributed by atoms with E-state index in [1.807, 2.05) is 0 Å². The molecule has 146 valence electrons. The maximum Gasteiger partial charge on any atom is 0.475 e. The van der Waals surface area contributed by atoms with Crippen molar-refractivity contribution >= 4 is 31.7 Å². The highest BCUT2D eigenvalue weighted by molar-refractivity contribution is 7.91. The van der Waals surface area contributed by atoms with Crippen molar-refractivity contribution in [1.29, 1.82) is 0 Å². The molecule has 0 spiro atoms. The number of sulfone groups is 1. The van der Waals surface area contributed by atoms with Crippen LogP contribution in [-0.4, -0.2) is 33.9 Å². The first-order chi connectivity index (χ1) is 13.1. The number of halogens is 3. The van der Waals surface area contributed by atoms with Gasteiger partial charge in [0.2, 0.25) is 5.89 Å². The number of hydrogen-bond acceptors (Lipinski definition) is 6. The fraction of sp³-hybridized carbons (Fsp3) is 0.176. The number of aromatic nitrogens is 2. The van der Waals surface area contributed by atoms with Crippen LogP contribution in [-0.2, 0) is 20.6 Å². The lowest BCUT2D eigenvalue weighted by Crippen LogP contribution is -2.16. The van der Waals surface area contributed by atoms with Gasteiger partial charge in [-0.2, -0.15) is 13.2 Å². The molecule has 0 radical (unpaired) electrons. The molecule has 1 aromatic carbocycles. The summed E-state index contributed by atoms with van der Waals surface area (Å²) in [6.07, 6.45) is 6.54. The van der Waals surface area contributed by atoms with Crippen LogP contribution >= 0.6 is 0 Å². The molecule has 28 heavy (non-hydrogen) atoms. The average Bonchev–Trinajstić information content (AvgIpc) is 3.09. The van der Waals surface area contributed by atoms with Crippen molar-refractivity contribution in [1.82, 2.24) is 9.97 Å². The minimum atomic E-state index is -4.92. The molecule has 0 bridgehead atoms. The largest absolute Gasteiger partial charge is 0.475 e. The van der Waals surface area contributed by atoms with Gasteiger partial charge >= 0.3 is 5.51 Å². The predicted octanol–water partition coefficient (Wildman–Crippen LogP) is 3.29. The van der Waals surface area contributed by atoms with Crippen molar-refractivity contribution < 1.29 is 30.2 Å². The van der Waals surface area contributed by atoms with Gasteiger partial charge in [-0.15, -0.1) is 6.42 Å². The zero-order valence-corrected chi connectivity index (χ0v) is 15.8. The Morgan fingerprint density at radius 3 is 2.61 bits per heavy atom. The Kier molecular flexibility index (Phi) is 5.03. The molecule has 0 aliphatic rings. The first kappa shape index (κ1) is 20.0. The molecule has 0 aliphatic carbocycles. The Hall–Kier alpha value is -2.71. The molecule has 0 saturated heterocycles. The van der Waals surface area contributed by atoms with Crippen molar-refractivity contribution in [3.8, 4) is 23.9 Å². The topological polar surface area (TPSA) is 90.1 Å². The van der Waals surface area contributed by atoms with Crippen LogP contribution in [0.2, 0.25) is 0 Å². The molecule has 0 fully saturated rings. The third kappa shape index (κ3) is 3.65. The van der Waals surface area contributed by atoms with E-state index in [0.29, 0.717) is 0 Å². The van der Waals surface area contributed by atoms with Crippen LogP contribution in [0.5, 0.6) is 0 Å². The van der Waals surface area contributed by atoms with E-state index in [-0.39, 0.29) is 38.9 Å². The van der Waals surface area contributed by atoms with Gasteiger partial charge in [-0.05, 0) is 24.3 Å². The van der Waals surface area contributed by atoms with E-state index in [9.17, 15) is 25.8 Å². The smallest absolute Gasteiger partial charge is 0.435 e. The summed E-state index contributed by atoms with van der Waals surface area (Å²) in [5, 5.41) is 0. The Morgan fingerprint density at radius 2 is 2.00 bits per heavy atom. The molecule has 0 N–H and O–H groups in total. The Labute approximate surface area is 160 Å².